The van der Waals surface area contributed by atoms with Gasteiger partial charge in [0.15, 0.2) is 11.6 Å². The molecule has 4 N–H and O–H groups in total. The summed E-state index contributed by atoms with van der Waals surface area (Å²) in [5.74, 6) is -1.79. The zero-order valence-corrected chi connectivity index (χ0v) is 29.8. The van der Waals surface area contributed by atoms with Crippen molar-refractivity contribution < 1.29 is 35.8 Å². The molecule has 42 heavy (non-hydrogen) atoms. The van der Waals surface area contributed by atoms with Crippen LogP contribution >= 0.6 is 11.6 Å². The SMILES string of the molecule is CCn1c(O)c(CS(=O)(=O)O)c(C)c(N=Nc2cc(Nc3nc(Cl)nc(OC(C)C)n3)ccc2S(=O)(=O)O)c1=O.[Na].[Na]. The molecule has 0 bridgehead atoms. The summed E-state index contributed by atoms with van der Waals surface area (Å²) in [4.78, 5) is 24.1. The summed E-state index contributed by atoms with van der Waals surface area (Å²) in [5, 5.41) is 20.6. The number of pyridine rings is 1. The molecule has 0 atom stereocenters. The van der Waals surface area contributed by atoms with Gasteiger partial charge in [0.2, 0.25) is 11.2 Å². The van der Waals surface area contributed by atoms with Gasteiger partial charge in [0.25, 0.3) is 25.8 Å². The van der Waals surface area contributed by atoms with Crippen molar-refractivity contribution in [3.63, 3.8) is 0 Å². The van der Waals surface area contributed by atoms with Crippen molar-refractivity contribution in [2.75, 3.05) is 5.32 Å². The molecule has 3 rings (SSSR count). The van der Waals surface area contributed by atoms with Crippen molar-refractivity contribution in [3.05, 3.63) is 45.0 Å². The number of aromatic nitrogens is 4. The molecule has 0 saturated carbocycles. The molecule has 16 nitrogen and oxygen atoms in total. The molecule has 0 aliphatic heterocycles. The Morgan fingerprint density at radius 2 is 1.74 bits per heavy atom. The van der Waals surface area contributed by atoms with Crippen LogP contribution in [0.4, 0.5) is 23.0 Å². The Bertz CT molecular complexity index is 1770. The molecule has 0 spiro atoms. The van der Waals surface area contributed by atoms with Crippen LogP contribution in [-0.2, 0) is 32.5 Å². The Morgan fingerprint density at radius 3 is 2.29 bits per heavy atom. The number of hydrogen-bond donors (Lipinski definition) is 4. The monoisotopic (exact) mass is 663 g/mol. The minimum absolute atomic E-state index is 0. The summed E-state index contributed by atoms with van der Waals surface area (Å²) in [6, 6.07) is 3.31. The number of nitrogens with zero attached hydrogens (tertiary/aromatic N) is 6. The van der Waals surface area contributed by atoms with Crippen molar-refractivity contribution in [1.29, 1.82) is 0 Å². The van der Waals surface area contributed by atoms with Crippen LogP contribution < -0.4 is 15.6 Å². The van der Waals surface area contributed by atoms with E-state index in [1.54, 1.807) is 13.8 Å². The number of hydrogen-bond acceptors (Lipinski definition) is 13. The van der Waals surface area contributed by atoms with Crippen LogP contribution in [0.5, 0.6) is 11.9 Å². The summed E-state index contributed by atoms with van der Waals surface area (Å²) in [5.41, 5.74) is -2.04. The average Bonchev–Trinajstić information content (AvgIpc) is 2.80. The topological polar surface area (TPSA) is 236 Å². The summed E-state index contributed by atoms with van der Waals surface area (Å²) in [6.45, 7) is 6.14. The van der Waals surface area contributed by atoms with Crippen LogP contribution in [0.25, 0.3) is 0 Å². The third kappa shape index (κ3) is 9.91. The van der Waals surface area contributed by atoms with Gasteiger partial charge in [0.05, 0.1) is 6.10 Å². The average molecular weight is 664 g/mol. The molecule has 3 aromatic rings. The number of nitrogens with one attached hydrogen (secondary N) is 1. The number of halogens is 1. The van der Waals surface area contributed by atoms with Gasteiger partial charge < -0.3 is 15.2 Å². The minimum atomic E-state index is -4.83. The van der Waals surface area contributed by atoms with Crippen LogP contribution in [-0.4, -0.2) is 116 Å². The normalized spacial score (nSPS) is 11.7. The number of ether oxygens (including phenoxy) is 1. The smallest absolute Gasteiger partial charge is 0.322 e. The Labute approximate surface area is 290 Å². The molecule has 0 fully saturated rings. The maximum Gasteiger partial charge on any atom is 0.322 e. The van der Waals surface area contributed by atoms with Crippen LogP contribution in [0.15, 0.2) is 38.1 Å². The molecule has 21 heteroatoms. The first-order valence-electron chi connectivity index (χ1n) is 11.3. The fourth-order valence-corrected chi connectivity index (χ4v) is 4.87. The zero-order chi connectivity index (χ0) is 30.0. The first-order chi connectivity index (χ1) is 18.5. The van der Waals surface area contributed by atoms with Gasteiger partial charge in [-0.2, -0.15) is 31.8 Å². The predicted molar refractivity (Wildman–Crippen MR) is 154 cm³/mol. The number of azo groups is 1. The second-order valence-electron chi connectivity index (χ2n) is 8.41. The van der Waals surface area contributed by atoms with Crippen LogP contribution in [0, 0.1) is 6.92 Å². The van der Waals surface area contributed by atoms with E-state index in [9.17, 15) is 35.8 Å². The van der Waals surface area contributed by atoms with Crippen molar-refractivity contribution in [1.82, 2.24) is 19.5 Å². The van der Waals surface area contributed by atoms with Gasteiger partial charge in [-0.05, 0) is 63.1 Å². The van der Waals surface area contributed by atoms with Crippen molar-refractivity contribution in [2.45, 2.75) is 51.0 Å². The summed E-state index contributed by atoms with van der Waals surface area (Å²) in [6.07, 6.45) is -0.272. The number of rotatable bonds is 10. The molecule has 2 heterocycles. The molecule has 2 radical (unpaired) electrons. The fourth-order valence-electron chi connectivity index (χ4n) is 3.40. The van der Waals surface area contributed by atoms with E-state index in [0.717, 1.165) is 16.7 Å². The molecule has 0 aliphatic rings. The zero-order valence-electron chi connectivity index (χ0n) is 23.4. The van der Waals surface area contributed by atoms with Crippen molar-refractivity contribution in [2.24, 2.45) is 10.2 Å². The molecular weight excluding hydrogens is 640 g/mol. The molecule has 0 saturated heterocycles. The van der Waals surface area contributed by atoms with Gasteiger partial charge in [0, 0.05) is 76.9 Å². The van der Waals surface area contributed by atoms with Gasteiger partial charge in [-0.25, -0.2) is 0 Å². The minimum Gasteiger partial charge on any atom is -0.494 e. The van der Waals surface area contributed by atoms with Gasteiger partial charge in [0.1, 0.15) is 16.3 Å². The molecule has 0 unspecified atom stereocenters. The Kier molecular flexibility index (Phi) is 14.0. The van der Waals surface area contributed by atoms with Crippen LogP contribution in [0.1, 0.15) is 31.9 Å². The molecule has 1 aromatic carbocycles. The first-order valence-corrected chi connectivity index (χ1v) is 14.7. The van der Waals surface area contributed by atoms with Gasteiger partial charge in [-0.15, -0.1) is 10.2 Å². The van der Waals surface area contributed by atoms with E-state index >= 15 is 0 Å². The number of benzene rings is 1. The van der Waals surface area contributed by atoms with Crippen molar-refractivity contribution in [3.8, 4) is 11.9 Å². The Balaban J connectivity index is 0.00000441. The molecule has 2 aromatic heterocycles. The summed E-state index contributed by atoms with van der Waals surface area (Å²) < 4.78 is 72.1. The van der Waals surface area contributed by atoms with E-state index in [1.807, 2.05) is 0 Å². The van der Waals surface area contributed by atoms with E-state index in [4.69, 9.17) is 16.3 Å². The second kappa shape index (κ2) is 15.3. The predicted octanol–water partition coefficient (Wildman–Crippen LogP) is 2.54. The molecule has 0 aliphatic carbocycles. The van der Waals surface area contributed by atoms with E-state index < -0.39 is 53.7 Å². The first kappa shape index (κ1) is 38.3. The standard InChI is InChI=1S/C21H24ClN7O9S2.2Na/c1-5-29-17(30)13(9-39(32,33)34)11(4)16(18(29)31)28-27-14-8-12(6-7-15(14)40(35,36)37)23-20-24-19(22)25-21(26-20)38-10(2)3;;/h6-8,10,30H,5,9H2,1-4H3,(H,32,33,34)(H,35,36,37)(H,23,24,25,26);;. The van der Waals surface area contributed by atoms with Gasteiger partial charge in [-0.1, -0.05) is 0 Å². The van der Waals surface area contributed by atoms with Crippen LogP contribution in [0.2, 0.25) is 5.28 Å². The summed E-state index contributed by atoms with van der Waals surface area (Å²) in [7, 11) is -9.45. The van der Waals surface area contributed by atoms with Gasteiger partial charge >= 0.3 is 6.01 Å². The van der Waals surface area contributed by atoms with E-state index in [1.165, 1.54) is 19.9 Å². The van der Waals surface area contributed by atoms with E-state index in [2.05, 4.69) is 30.5 Å². The maximum atomic E-state index is 12.9. The Morgan fingerprint density at radius 1 is 1.10 bits per heavy atom. The third-order valence-electron chi connectivity index (χ3n) is 5.10. The van der Waals surface area contributed by atoms with Gasteiger partial charge in [-0.3, -0.25) is 18.5 Å². The van der Waals surface area contributed by atoms with Crippen LogP contribution in [0.3, 0.4) is 0 Å². The number of anilines is 2. The Hall–Kier alpha value is -1.71. The maximum absolute atomic E-state index is 12.9. The molecular formula is C21H24ClN7Na2O9S2. The van der Waals surface area contributed by atoms with Crippen molar-refractivity contribution >= 4 is 114 Å². The van der Waals surface area contributed by atoms with E-state index in [0.29, 0.717) is 0 Å². The quantitative estimate of drug-likeness (QED) is 0.139. The third-order valence-corrected chi connectivity index (χ3v) is 6.83. The second-order valence-corrected chi connectivity index (χ2v) is 11.6. The fraction of sp³-hybridized carbons (Fsp3) is 0.333. The summed E-state index contributed by atoms with van der Waals surface area (Å²) >= 11 is 5.92. The van der Waals surface area contributed by atoms with E-state index in [-0.39, 0.29) is 106 Å². The molecule has 0 amide bonds. The largest absolute Gasteiger partial charge is 0.494 e. The molecule has 218 valence electrons. The number of aromatic hydroxyl groups is 1.